The Morgan fingerprint density at radius 2 is 2.00 bits per heavy atom. The molecule has 0 saturated carbocycles. The van der Waals surface area contributed by atoms with Crippen LogP contribution >= 0.6 is 11.3 Å². The first-order valence-corrected chi connectivity index (χ1v) is 5.55. The van der Waals surface area contributed by atoms with Crippen LogP contribution in [0.4, 0.5) is 5.69 Å². The topological polar surface area (TPSA) is 12.0 Å². The second-order valence-corrected chi connectivity index (χ2v) is 4.40. The Labute approximate surface area is 88.4 Å². The molecule has 0 amide bonds. The lowest BCUT2D eigenvalue weighted by Crippen LogP contribution is -1.97. The predicted octanol–water partition coefficient (Wildman–Crippen LogP) is 3.67. The maximum absolute atomic E-state index is 3.38. The molecule has 2 rings (SSSR count). The second-order valence-electron chi connectivity index (χ2n) is 3.29. The molecule has 2 aromatic rings. The van der Waals surface area contributed by atoms with E-state index < -0.39 is 0 Å². The van der Waals surface area contributed by atoms with Gasteiger partial charge in [0.25, 0.3) is 0 Å². The lowest BCUT2D eigenvalue weighted by molar-refractivity contribution is 1.16. The predicted molar refractivity (Wildman–Crippen MR) is 62.8 cm³/mol. The summed E-state index contributed by atoms with van der Waals surface area (Å²) in [6.45, 7) is 3.05. The van der Waals surface area contributed by atoms with Gasteiger partial charge in [-0.05, 0) is 36.1 Å². The van der Waals surface area contributed by atoms with Gasteiger partial charge in [-0.15, -0.1) is 11.3 Å². The maximum atomic E-state index is 3.38. The summed E-state index contributed by atoms with van der Waals surface area (Å²) in [6, 6.07) is 12.5. The summed E-state index contributed by atoms with van der Waals surface area (Å²) >= 11 is 1.80. The van der Waals surface area contributed by atoms with Gasteiger partial charge in [0.05, 0.1) is 0 Å². The molecular weight excluding hydrogens is 190 g/mol. The molecule has 1 N–H and O–H groups in total. The molecular formula is C12H13NS. The quantitative estimate of drug-likeness (QED) is 0.802. The minimum Gasteiger partial charge on any atom is -0.381 e. The molecule has 72 valence electrons. The first kappa shape index (κ1) is 9.28. The van der Waals surface area contributed by atoms with Crippen LogP contribution in [0.25, 0.3) is 0 Å². The van der Waals surface area contributed by atoms with E-state index >= 15 is 0 Å². The van der Waals surface area contributed by atoms with Crippen LogP contribution in [0.15, 0.2) is 41.8 Å². The fourth-order valence-corrected chi connectivity index (χ4v) is 2.06. The average Bonchev–Trinajstić information content (AvgIpc) is 2.63. The minimum absolute atomic E-state index is 0.911. The van der Waals surface area contributed by atoms with Gasteiger partial charge in [-0.2, -0.15) is 0 Å². The van der Waals surface area contributed by atoms with Gasteiger partial charge in [-0.25, -0.2) is 0 Å². The van der Waals surface area contributed by atoms with Crippen LogP contribution in [0.2, 0.25) is 0 Å². The van der Waals surface area contributed by atoms with Gasteiger partial charge in [0.15, 0.2) is 0 Å². The third kappa shape index (κ3) is 2.36. The van der Waals surface area contributed by atoms with E-state index in [0.717, 1.165) is 6.54 Å². The Kier molecular flexibility index (Phi) is 2.84. The van der Waals surface area contributed by atoms with Gasteiger partial charge in [0, 0.05) is 17.1 Å². The number of benzene rings is 1. The zero-order valence-electron chi connectivity index (χ0n) is 8.16. The van der Waals surface area contributed by atoms with Crippen LogP contribution in [-0.4, -0.2) is 0 Å². The Morgan fingerprint density at radius 1 is 1.21 bits per heavy atom. The molecule has 0 aliphatic carbocycles. The van der Waals surface area contributed by atoms with Crippen LogP contribution in [0, 0.1) is 6.92 Å². The highest BCUT2D eigenvalue weighted by Gasteiger charge is 1.95. The van der Waals surface area contributed by atoms with Crippen molar-refractivity contribution in [3.8, 4) is 0 Å². The fraction of sp³-hybridized carbons (Fsp3) is 0.167. The van der Waals surface area contributed by atoms with Gasteiger partial charge in [0.2, 0.25) is 0 Å². The molecule has 0 aliphatic rings. The van der Waals surface area contributed by atoms with Crippen molar-refractivity contribution in [2.24, 2.45) is 0 Å². The molecule has 2 heteroatoms. The van der Waals surface area contributed by atoms with E-state index in [0.29, 0.717) is 0 Å². The highest BCUT2D eigenvalue weighted by molar-refractivity contribution is 7.10. The molecule has 0 fully saturated rings. The van der Waals surface area contributed by atoms with Crippen molar-refractivity contribution >= 4 is 17.0 Å². The number of rotatable bonds is 3. The minimum atomic E-state index is 0.911. The van der Waals surface area contributed by atoms with Crippen molar-refractivity contribution in [1.29, 1.82) is 0 Å². The highest BCUT2D eigenvalue weighted by Crippen LogP contribution is 2.14. The zero-order valence-corrected chi connectivity index (χ0v) is 8.97. The van der Waals surface area contributed by atoms with Crippen molar-refractivity contribution in [2.45, 2.75) is 13.5 Å². The molecule has 0 spiro atoms. The first-order chi connectivity index (χ1) is 6.84. The SMILES string of the molecule is Cc1cc(CNc2ccccc2)cs1. The maximum Gasteiger partial charge on any atom is 0.0409 e. The van der Waals surface area contributed by atoms with Crippen molar-refractivity contribution in [3.63, 3.8) is 0 Å². The standard InChI is InChI=1S/C12H13NS/c1-10-7-11(9-14-10)8-13-12-5-3-2-4-6-12/h2-7,9,13H,8H2,1H3. The number of para-hydroxylation sites is 1. The molecule has 0 aliphatic heterocycles. The van der Waals surface area contributed by atoms with E-state index in [1.807, 2.05) is 18.2 Å². The van der Waals surface area contributed by atoms with Crippen LogP contribution in [0.1, 0.15) is 10.4 Å². The molecule has 1 heterocycles. The van der Waals surface area contributed by atoms with E-state index in [4.69, 9.17) is 0 Å². The summed E-state index contributed by atoms with van der Waals surface area (Å²) in [5.41, 5.74) is 2.53. The molecule has 1 aromatic carbocycles. The zero-order chi connectivity index (χ0) is 9.80. The summed E-state index contributed by atoms with van der Waals surface area (Å²) in [5.74, 6) is 0. The molecule has 0 saturated heterocycles. The number of hydrogen-bond acceptors (Lipinski definition) is 2. The molecule has 0 radical (unpaired) electrons. The van der Waals surface area contributed by atoms with E-state index in [-0.39, 0.29) is 0 Å². The van der Waals surface area contributed by atoms with Crippen molar-refractivity contribution in [2.75, 3.05) is 5.32 Å². The lowest BCUT2D eigenvalue weighted by Gasteiger charge is -2.03. The number of anilines is 1. The number of thiophene rings is 1. The molecule has 14 heavy (non-hydrogen) atoms. The Hall–Kier alpha value is -1.28. The molecule has 1 nitrogen and oxygen atoms in total. The lowest BCUT2D eigenvalue weighted by atomic mass is 10.3. The van der Waals surface area contributed by atoms with E-state index in [2.05, 4.69) is 35.8 Å². The van der Waals surface area contributed by atoms with Crippen LogP contribution in [-0.2, 0) is 6.54 Å². The third-order valence-corrected chi connectivity index (χ3v) is 2.97. The largest absolute Gasteiger partial charge is 0.381 e. The average molecular weight is 203 g/mol. The number of hydrogen-bond donors (Lipinski definition) is 1. The van der Waals surface area contributed by atoms with Gasteiger partial charge in [-0.1, -0.05) is 18.2 Å². The van der Waals surface area contributed by atoms with Gasteiger partial charge in [0.1, 0.15) is 0 Å². The Bertz CT molecular complexity index is 392. The van der Waals surface area contributed by atoms with Gasteiger partial charge < -0.3 is 5.32 Å². The van der Waals surface area contributed by atoms with Gasteiger partial charge >= 0.3 is 0 Å². The van der Waals surface area contributed by atoms with E-state index in [1.165, 1.54) is 16.1 Å². The van der Waals surface area contributed by atoms with Crippen LogP contribution in [0.3, 0.4) is 0 Å². The van der Waals surface area contributed by atoms with Crippen LogP contribution in [0.5, 0.6) is 0 Å². The van der Waals surface area contributed by atoms with E-state index in [9.17, 15) is 0 Å². The summed E-state index contributed by atoms with van der Waals surface area (Å²) in [6.07, 6.45) is 0. The summed E-state index contributed by atoms with van der Waals surface area (Å²) in [7, 11) is 0. The molecule has 0 atom stereocenters. The smallest absolute Gasteiger partial charge is 0.0409 e. The summed E-state index contributed by atoms with van der Waals surface area (Å²) < 4.78 is 0. The van der Waals surface area contributed by atoms with E-state index in [1.54, 1.807) is 11.3 Å². The second kappa shape index (κ2) is 4.29. The Morgan fingerprint density at radius 3 is 2.64 bits per heavy atom. The molecule has 0 bridgehead atoms. The van der Waals surface area contributed by atoms with Crippen molar-refractivity contribution in [3.05, 3.63) is 52.2 Å². The van der Waals surface area contributed by atoms with Crippen LogP contribution < -0.4 is 5.32 Å². The molecule has 0 unspecified atom stereocenters. The summed E-state index contributed by atoms with van der Waals surface area (Å²) in [5, 5.41) is 5.58. The van der Waals surface area contributed by atoms with Crippen molar-refractivity contribution < 1.29 is 0 Å². The number of aryl methyl sites for hydroxylation is 1. The highest BCUT2D eigenvalue weighted by atomic mass is 32.1. The van der Waals surface area contributed by atoms with Crippen molar-refractivity contribution in [1.82, 2.24) is 0 Å². The van der Waals surface area contributed by atoms with Gasteiger partial charge in [-0.3, -0.25) is 0 Å². The monoisotopic (exact) mass is 203 g/mol. The first-order valence-electron chi connectivity index (χ1n) is 4.67. The number of nitrogens with one attached hydrogen (secondary N) is 1. The Balaban J connectivity index is 1.95. The fourth-order valence-electron chi connectivity index (χ4n) is 1.35. The normalized spacial score (nSPS) is 10.1. The third-order valence-electron chi connectivity index (χ3n) is 2.06. The summed E-state index contributed by atoms with van der Waals surface area (Å²) in [4.78, 5) is 1.37. The molecule has 1 aromatic heterocycles.